The standard InChI is InChI=1S/C12H19NO3/c1-3-13(8-11(15)9-14)10-5-4-6-12(7-10)16-2/h4-7,11,14-15H,3,8-9H2,1-2H3. The Hall–Kier alpha value is -1.26. The molecule has 1 unspecified atom stereocenters. The highest BCUT2D eigenvalue weighted by molar-refractivity contribution is 5.50. The zero-order valence-electron chi connectivity index (χ0n) is 9.76. The number of hydrogen-bond donors (Lipinski definition) is 2. The molecule has 0 amide bonds. The number of anilines is 1. The molecule has 1 atom stereocenters. The number of aliphatic hydroxyl groups excluding tert-OH is 2. The van der Waals surface area contributed by atoms with Crippen LogP contribution in [0, 0.1) is 0 Å². The van der Waals surface area contributed by atoms with E-state index in [0.717, 1.165) is 18.0 Å². The molecule has 0 saturated heterocycles. The number of nitrogens with zero attached hydrogens (tertiary/aromatic N) is 1. The van der Waals surface area contributed by atoms with Crippen molar-refractivity contribution in [3.63, 3.8) is 0 Å². The Morgan fingerprint density at radius 1 is 1.44 bits per heavy atom. The molecule has 0 aliphatic rings. The molecular weight excluding hydrogens is 206 g/mol. The third-order valence-electron chi connectivity index (χ3n) is 2.44. The van der Waals surface area contributed by atoms with Gasteiger partial charge in [-0.3, -0.25) is 0 Å². The number of hydrogen-bond acceptors (Lipinski definition) is 4. The van der Waals surface area contributed by atoms with Gasteiger partial charge in [0.05, 0.1) is 19.8 Å². The third kappa shape index (κ3) is 3.40. The first kappa shape index (κ1) is 12.8. The van der Waals surface area contributed by atoms with Gasteiger partial charge in [0.2, 0.25) is 0 Å². The number of methoxy groups -OCH3 is 1. The monoisotopic (exact) mass is 225 g/mol. The smallest absolute Gasteiger partial charge is 0.120 e. The van der Waals surface area contributed by atoms with Crippen LogP contribution in [0.4, 0.5) is 5.69 Å². The maximum atomic E-state index is 9.42. The van der Waals surface area contributed by atoms with Gasteiger partial charge in [-0.05, 0) is 19.1 Å². The lowest BCUT2D eigenvalue weighted by Crippen LogP contribution is -2.34. The lowest BCUT2D eigenvalue weighted by Gasteiger charge is -2.25. The normalized spacial score (nSPS) is 12.2. The molecular formula is C12H19NO3. The summed E-state index contributed by atoms with van der Waals surface area (Å²) in [7, 11) is 1.62. The highest BCUT2D eigenvalue weighted by Crippen LogP contribution is 2.20. The van der Waals surface area contributed by atoms with Crippen molar-refractivity contribution in [1.82, 2.24) is 0 Å². The van der Waals surface area contributed by atoms with Crippen molar-refractivity contribution in [3.8, 4) is 5.75 Å². The summed E-state index contributed by atoms with van der Waals surface area (Å²) in [6.45, 7) is 2.97. The molecule has 16 heavy (non-hydrogen) atoms. The SMILES string of the molecule is CCN(CC(O)CO)c1cccc(OC)c1. The zero-order chi connectivity index (χ0) is 12.0. The fraction of sp³-hybridized carbons (Fsp3) is 0.500. The Kier molecular flexibility index (Phi) is 5.08. The highest BCUT2D eigenvalue weighted by atomic mass is 16.5. The number of likely N-dealkylation sites (N-methyl/N-ethyl adjacent to an activating group) is 1. The molecule has 0 bridgehead atoms. The Morgan fingerprint density at radius 3 is 2.75 bits per heavy atom. The molecule has 0 aliphatic heterocycles. The average Bonchev–Trinajstić information content (AvgIpc) is 2.35. The first-order valence-electron chi connectivity index (χ1n) is 5.39. The summed E-state index contributed by atoms with van der Waals surface area (Å²) >= 11 is 0. The first-order chi connectivity index (χ1) is 7.71. The van der Waals surface area contributed by atoms with Gasteiger partial charge in [-0.1, -0.05) is 6.07 Å². The van der Waals surface area contributed by atoms with Crippen LogP contribution in [0.2, 0.25) is 0 Å². The minimum absolute atomic E-state index is 0.222. The second-order valence-electron chi connectivity index (χ2n) is 3.58. The zero-order valence-corrected chi connectivity index (χ0v) is 9.76. The lowest BCUT2D eigenvalue weighted by atomic mass is 10.2. The maximum absolute atomic E-state index is 9.42. The molecule has 0 saturated carbocycles. The third-order valence-corrected chi connectivity index (χ3v) is 2.44. The van der Waals surface area contributed by atoms with E-state index in [4.69, 9.17) is 9.84 Å². The van der Waals surface area contributed by atoms with Crippen LogP contribution in [0.15, 0.2) is 24.3 Å². The minimum atomic E-state index is -0.717. The Bertz CT molecular complexity index is 317. The van der Waals surface area contributed by atoms with Crippen molar-refractivity contribution in [2.75, 3.05) is 31.7 Å². The van der Waals surface area contributed by atoms with Gasteiger partial charge in [-0.25, -0.2) is 0 Å². The van der Waals surface area contributed by atoms with Gasteiger partial charge >= 0.3 is 0 Å². The molecule has 0 aliphatic carbocycles. The van der Waals surface area contributed by atoms with Crippen molar-refractivity contribution in [1.29, 1.82) is 0 Å². The summed E-state index contributed by atoms with van der Waals surface area (Å²) in [4.78, 5) is 1.99. The van der Waals surface area contributed by atoms with E-state index in [-0.39, 0.29) is 6.61 Å². The molecule has 4 heteroatoms. The van der Waals surface area contributed by atoms with Gasteiger partial charge in [0.1, 0.15) is 5.75 Å². The van der Waals surface area contributed by atoms with Crippen molar-refractivity contribution in [3.05, 3.63) is 24.3 Å². The molecule has 2 N–H and O–H groups in total. The van der Waals surface area contributed by atoms with E-state index in [1.807, 2.05) is 36.1 Å². The van der Waals surface area contributed by atoms with Gasteiger partial charge in [-0.15, -0.1) is 0 Å². The van der Waals surface area contributed by atoms with E-state index in [0.29, 0.717) is 6.54 Å². The van der Waals surface area contributed by atoms with Crippen LogP contribution in [0.25, 0.3) is 0 Å². The van der Waals surface area contributed by atoms with Gasteiger partial charge < -0.3 is 19.8 Å². The fourth-order valence-corrected chi connectivity index (χ4v) is 1.54. The molecule has 0 heterocycles. The molecule has 1 rings (SSSR count). The summed E-state index contributed by atoms with van der Waals surface area (Å²) < 4.78 is 5.14. The Labute approximate surface area is 96.1 Å². The molecule has 0 fully saturated rings. The van der Waals surface area contributed by atoms with Crippen molar-refractivity contribution in [2.45, 2.75) is 13.0 Å². The fourth-order valence-electron chi connectivity index (χ4n) is 1.54. The average molecular weight is 225 g/mol. The van der Waals surface area contributed by atoms with Crippen LogP contribution in [0.5, 0.6) is 5.75 Å². The number of ether oxygens (including phenoxy) is 1. The summed E-state index contributed by atoms with van der Waals surface area (Å²) in [5.74, 6) is 0.787. The van der Waals surface area contributed by atoms with Crippen LogP contribution in [0.1, 0.15) is 6.92 Å². The predicted molar refractivity (Wildman–Crippen MR) is 64.0 cm³/mol. The topological polar surface area (TPSA) is 52.9 Å². The first-order valence-corrected chi connectivity index (χ1v) is 5.39. The largest absolute Gasteiger partial charge is 0.497 e. The Morgan fingerprint density at radius 2 is 2.19 bits per heavy atom. The molecule has 0 aromatic heterocycles. The summed E-state index contributed by atoms with van der Waals surface area (Å²) in [5, 5.41) is 18.2. The van der Waals surface area contributed by atoms with Gasteiger partial charge in [0.15, 0.2) is 0 Å². The summed E-state index contributed by atoms with van der Waals surface area (Å²) in [5.41, 5.74) is 0.981. The molecule has 0 radical (unpaired) electrons. The van der Waals surface area contributed by atoms with Crippen molar-refractivity contribution < 1.29 is 14.9 Å². The molecule has 1 aromatic carbocycles. The van der Waals surface area contributed by atoms with Crippen LogP contribution in [-0.2, 0) is 0 Å². The van der Waals surface area contributed by atoms with Crippen LogP contribution >= 0.6 is 0 Å². The second kappa shape index (κ2) is 6.35. The van der Waals surface area contributed by atoms with Crippen LogP contribution in [-0.4, -0.2) is 43.1 Å². The van der Waals surface area contributed by atoms with E-state index in [9.17, 15) is 5.11 Å². The Balaban J connectivity index is 2.77. The van der Waals surface area contributed by atoms with Gasteiger partial charge in [-0.2, -0.15) is 0 Å². The lowest BCUT2D eigenvalue weighted by molar-refractivity contribution is 0.100. The quantitative estimate of drug-likeness (QED) is 0.754. The summed E-state index contributed by atoms with van der Waals surface area (Å²) in [6, 6.07) is 7.64. The van der Waals surface area contributed by atoms with Gasteiger partial charge in [0.25, 0.3) is 0 Å². The summed E-state index contributed by atoms with van der Waals surface area (Å²) in [6.07, 6.45) is -0.717. The maximum Gasteiger partial charge on any atom is 0.120 e. The van der Waals surface area contributed by atoms with Crippen molar-refractivity contribution >= 4 is 5.69 Å². The van der Waals surface area contributed by atoms with Crippen LogP contribution in [0.3, 0.4) is 0 Å². The highest BCUT2D eigenvalue weighted by Gasteiger charge is 2.10. The van der Waals surface area contributed by atoms with Crippen molar-refractivity contribution in [2.24, 2.45) is 0 Å². The molecule has 0 spiro atoms. The number of benzene rings is 1. The van der Waals surface area contributed by atoms with E-state index in [1.165, 1.54) is 0 Å². The molecule has 90 valence electrons. The second-order valence-corrected chi connectivity index (χ2v) is 3.58. The van der Waals surface area contributed by atoms with E-state index in [2.05, 4.69) is 0 Å². The van der Waals surface area contributed by atoms with Gasteiger partial charge in [0, 0.05) is 24.8 Å². The van der Waals surface area contributed by atoms with E-state index >= 15 is 0 Å². The predicted octanol–water partition coefficient (Wildman–Crippen LogP) is 0.875. The number of aliphatic hydroxyl groups is 2. The van der Waals surface area contributed by atoms with E-state index in [1.54, 1.807) is 7.11 Å². The molecule has 1 aromatic rings. The molecule has 4 nitrogen and oxygen atoms in total. The number of rotatable bonds is 6. The minimum Gasteiger partial charge on any atom is -0.497 e. The van der Waals surface area contributed by atoms with Crippen LogP contribution < -0.4 is 9.64 Å². The van der Waals surface area contributed by atoms with E-state index < -0.39 is 6.10 Å².